The number of ether oxygens (including phenoxy) is 1. The molecule has 144 valence electrons. The second-order valence-corrected chi connectivity index (χ2v) is 7.77. The summed E-state index contributed by atoms with van der Waals surface area (Å²) in [5.74, 6) is 0.678. The summed E-state index contributed by atoms with van der Waals surface area (Å²) in [6.07, 6.45) is 0.729. The molecule has 0 unspecified atom stereocenters. The van der Waals surface area contributed by atoms with Gasteiger partial charge in [0, 0.05) is 28.2 Å². The van der Waals surface area contributed by atoms with Crippen molar-refractivity contribution in [2.24, 2.45) is 0 Å². The van der Waals surface area contributed by atoms with Gasteiger partial charge in [0.1, 0.15) is 17.1 Å². The second kappa shape index (κ2) is 7.67. The largest absolute Gasteiger partial charge is 0.484 e. The molecule has 3 aromatic rings. The van der Waals surface area contributed by atoms with Crippen LogP contribution in [0.4, 0.5) is 4.39 Å². The fraction of sp³-hybridized carbons (Fsp3) is 0.238. The van der Waals surface area contributed by atoms with Crippen LogP contribution in [0.1, 0.15) is 23.6 Å². The van der Waals surface area contributed by atoms with Crippen molar-refractivity contribution in [3.63, 3.8) is 0 Å². The van der Waals surface area contributed by atoms with E-state index in [-0.39, 0.29) is 24.4 Å². The van der Waals surface area contributed by atoms with Crippen molar-refractivity contribution < 1.29 is 18.3 Å². The summed E-state index contributed by atoms with van der Waals surface area (Å²) in [7, 11) is 0. The third kappa shape index (κ3) is 3.89. The molecule has 0 radical (unpaired) electrons. The van der Waals surface area contributed by atoms with Gasteiger partial charge in [0.15, 0.2) is 6.61 Å². The molecular formula is C21H18FNO4S. The van der Waals surface area contributed by atoms with E-state index in [9.17, 15) is 14.0 Å². The Morgan fingerprint density at radius 1 is 1.29 bits per heavy atom. The maximum Gasteiger partial charge on any atom is 0.336 e. The zero-order valence-electron chi connectivity index (χ0n) is 15.2. The fourth-order valence-electron chi connectivity index (χ4n) is 3.30. The summed E-state index contributed by atoms with van der Waals surface area (Å²) in [5, 5.41) is 3.73. The number of fused-ring (bicyclic) bond motifs is 2. The monoisotopic (exact) mass is 399 g/mol. The van der Waals surface area contributed by atoms with Crippen LogP contribution in [0.15, 0.2) is 56.6 Å². The molecule has 0 saturated carbocycles. The summed E-state index contributed by atoms with van der Waals surface area (Å²) >= 11 is 1.66. The lowest BCUT2D eigenvalue weighted by Crippen LogP contribution is -2.34. The smallest absolute Gasteiger partial charge is 0.336 e. The first-order chi connectivity index (χ1) is 13.5. The van der Waals surface area contributed by atoms with Gasteiger partial charge in [0.05, 0.1) is 6.04 Å². The lowest BCUT2D eigenvalue weighted by Gasteiger charge is -2.26. The number of benzene rings is 2. The van der Waals surface area contributed by atoms with Gasteiger partial charge in [-0.15, -0.1) is 11.8 Å². The Morgan fingerprint density at radius 3 is 3.00 bits per heavy atom. The Morgan fingerprint density at radius 2 is 2.14 bits per heavy atom. The van der Waals surface area contributed by atoms with E-state index in [1.807, 2.05) is 6.92 Å². The number of hydrogen-bond acceptors (Lipinski definition) is 5. The Balaban J connectivity index is 1.44. The number of carbonyl (C=O) groups excluding carboxylic acids is 1. The second-order valence-electron chi connectivity index (χ2n) is 6.63. The molecular weight excluding hydrogens is 381 g/mol. The van der Waals surface area contributed by atoms with Crippen LogP contribution < -0.4 is 15.7 Å². The molecule has 0 aliphatic carbocycles. The molecule has 0 fully saturated rings. The molecule has 1 amide bonds. The number of thioether (sulfide) groups is 1. The highest BCUT2D eigenvalue weighted by Crippen LogP contribution is 2.36. The minimum absolute atomic E-state index is 0.185. The van der Waals surface area contributed by atoms with E-state index in [1.54, 1.807) is 36.0 Å². The van der Waals surface area contributed by atoms with Crippen molar-refractivity contribution in [3.8, 4) is 5.75 Å². The lowest BCUT2D eigenvalue weighted by atomic mass is 10.0. The van der Waals surface area contributed by atoms with E-state index >= 15 is 0 Å². The minimum Gasteiger partial charge on any atom is -0.484 e. The summed E-state index contributed by atoms with van der Waals surface area (Å²) in [6, 6.07) is 11.0. The number of halogens is 1. The predicted molar refractivity (Wildman–Crippen MR) is 105 cm³/mol. The molecule has 1 N–H and O–H groups in total. The first-order valence-corrected chi connectivity index (χ1v) is 9.87. The van der Waals surface area contributed by atoms with Crippen LogP contribution >= 0.6 is 11.8 Å². The highest BCUT2D eigenvalue weighted by atomic mass is 32.2. The molecule has 2 heterocycles. The van der Waals surface area contributed by atoms with Gasteiger partial charge in [-0.2, -0.15) is 0 Å². The number of aryl methyl sites for hydroxylation is 1. The Labute approximate surface area is 164 Å². The number of rotatable bonds is 4. The molecule has 1 aliphatic heterocycles. The minimum atomic E-state index is -0.430. The van der Waals surface area contributed by atoms with Gasteiger partial charge in [0.25, 0.3) is 5.91 Å². The number of nitrogens with one attached hydrogen (secondary N) is 1. The van der Waals surface area contributed by atoms with Gasteiger partial charge in [0.2, 0.25) is 0 Å². The summed E-state index contributed by atoms with van der Waals surface area (Å²) in [5.41, 5.74) is 1.60. The Kier molecular flexibility index (Phi) is 5.09. The molecule has 2 aromatic carbocycles. The zero-order chi connectivity index (χ0) is 19.7. The number of carbonyl (C=O) groups is 1. The molecule has 0 saturated heterocycles. The average Bonchev–Trinajstić information content (AvgIpc) is 2.66. The predicted octanol–water partition coefficient (Wildman–Crippen LogP) is 3.97. The molecule has 1 atom stereocenters. The Hall–Kier alpha value is -2.80. The molecule has 1 aliphatic rings. The molecule has 1 aromatic heterocycles. The maximum atomic E-state index is 13.6. The SMILES string of the molecule is Cc1cc(=O)oc2cc(OCC(=O)N[C@H]3CCSc4ccc(F)cc43)ccc12. The third-order valence-electron chi connectivity index (χ3n) is 4.64. The highest BCUT2D eigenvalue weighted by molar-refractivity contribution is 7.99. The van der Waals surface area contributed by atoms with Crippen LogP contribution in [0, 0.1) is 12.7 Å². The summed E-state index contributed by atoms with van der Waals surface area (Å²) in [6.45, 7) is 1.65. The van der Waals surface area contributed by atoms with Gasteiger partial charge < -0.3 is 14.5 Å². The maximum absolute atomic E-state index is 13.6. The quantitative estimate of drug-likeness (QED) is 0.673. The van der Waals surface area contributed by atoms with E-state index in [4.69, 9.17) is 9.15 Å². The number of hydrogen-bond donors (Lipinski definition) is 1. The molecule has 4 rings (SSSR count). The molecule has 0 spiro atoms. The van der Waals surface area contributed by atoms with Crippen molar-refractivity contribution in [1.82, 2.24) is 5.32 Å². The normalized spacial score (nSPS) is 15.9. The molecule has 0 bridgehead atoms. The van der Waals surface area contributed by atoms with Crippen LogP contribution in [0.2, 0.25) is 0 Å². The molecule has 5 nitrogen and oxygen atoms in total. The number of amides is 1. The topological polar surface area (TPSA) is 68.5 Å². The molecule has 28 heavy (non-hydrogen) atoms. The van der Waals surface area contributed by atoms with E-state index in [0.717, 1.165) is 33.6 Å². The van der Waals surface area contributed by atoms with Crippen LogP contribution in [-0.4, -0.2) is 18.3 Å². The van der Waals surface area contributed by atoms with Crippen molar-refractivity contribution in [3.05, 3.63) is 69.8 Å². The van der Waals surface area contributed by atoms with E-state index in [0.29, 0.717) is 11.3 Å². The third-order valence-corrected chi connectivity index (χ3v) is 5.76. The first kappa shape index (κ1) is 18.6. The Bertz CT molecular complexity index is 1110. The first-order valence-electron chi connectivity index (χ1n) is 8.88. The zero-order valence-corrected chi connectivity index (χ0v) is 16.0. The lowest BCUT2D eigenvalue weighted by molar-refractivity contribution is -0.123. The van der Waals surface area contributed by atoms with Crippen LogP contribution in [0.5, 0.6) is 5.75 Å². The van der Waals surface area contributed by atoms with Gasteiger partial charge in [-0.3, -0.25) is 4.79 Å². The summed E-state index contributed by atoms with van der Waals surface area (Å²) in [4.78, 5) is 24.9. The fourth-order valence-corrected chi connectivity index (χ4v) is 4.40. The average molecular weight is 399 g/mol. The van der Waals surface area contributed by atoms with Crippen molar-refractivity contribution in [2.45, 2.75) is 24.3 Å². The van der Waals surface area contributed by atoms with Crippen LogP contribution in [0.25, 0.3) is 11.0 Å². The van der Waals surface area contributed by atoms with Gasteiger partial charge in [-0.05, 0) is 54.8 Å². The van der Waals surface area contributed by atoms with Crippen LogP contribution in [-0.2, 0) is 4.79 Å². The van der Waals surface area contributed by atoms with Gasteiger partial charge >= 0.3 is 5.63 Å². The molecule has 7 heteroatoms. The van der Waals surface area contributed by atoms with E-state index in [2.05, 4.69) is 5.32 Å². The van der Waals surface area contributed by atoms with Crippen molar-refractivity contribution >= 4 is 28.6 Å². The van der Waals surface area contributed by atoms with Crippen LogP contribution in [0.3, 0.4) is 0 Å². The van der Waals surface area contributed by atoms with E-state index < -0.39 is 5.63 Å². The van der Waals surface area contributed by atoms with Crippen molar-refractivity contribution in [1.29, 1.82) is 0 Å². The van der Waals surface area contributed by atoms with Gasteiger partial charge in [-0.25, -0.2) is 9.18 Å². The van der Waals surface area contributed by atoms with Gasteiger partial charge in [-0.1, -0.05) is 0 Å². The standard InChI is InChI=1S/C21H18FNO4S/c1-12-8-21(25)27-18-10-14(3-4-15(12)18)26-11-20(24)23-17-6-7-28-19-5-2-13(22)9-16(17)19/h2-5,8-10,17H,6-7,11H2,1H3,(H,23,24)/t17-/m0/s1. The van der Waals surface area contributed by atoms with E-state index in [1.165, 1.54) is 18.2 Å². The summed E-state index contributed by atoms with van der Waals surface area (Å²) < 4.78 is 24.3. The van der Waals surface area contributed by atoms with Crippen molar-refractivity contribution in [2.75, 3.05) is 12.4 Å². The highest BCUT2D eigenvalue weighted by Gasteiger charge is 2.23.